The Labute approximate surface area is 134 Å². The molecule has 0 saturated carbocycles. The first-order valence-corrected chi connectivity index (χ1v) is 7.47. The van der Waals surface area contributed by atoms with Gasteiger partial charge in [0.1, 0.15) is 5.82 Å². The molecule has 0 aromatic heterocycles. The minimum atomic E-state index is -0.251. The molecule has 2 aromatic carbocycles. The van der Waals surface area contributed by atoms with Crippen molar-refractivity contribution < 1.29 is 9.18 Å². The van der Waals surface area contributed by atoms with Crippen LogP contribution in [-0.2, 0) is 17.8 Å². The average Bonchev–Trinajstić information content (AvgIpc) is 2.51. The third kappa shape index (κ3) is 5.84. The molecule has 1 amide bonds. The fourth-order valence-corrected chi connectivity index (χ4v) is 2.11. The van der Waals surface area contributed by atoms with Crippen molar-refractivity contribution in [2.45, 2.75) is 13.0 Å². The van der Waals surface area contributed by atoms with Crippen LogP contribution in [0.15, 0.2) is 48.5 Å². The van der Waals surface area contributed by atoms with Gasteiger partial charge in [0.15, 0.2) is 0 Å². The summed E-state index contributed by atoms with van der Waals surface area (Å²) >= 11 is 5.81. The molecular weight excluding hydrogens is 303 g/mol. The van der Waals surface area contributed by atoms with Crippen molar-refractivity contribution in [2.24, 2.45) is 0 Å². The summed E-state index contributed by atoms with van der Waals surface area (Å²) in [7, 11) is 0. The molecule has 0 atom stereocenters. The lowest BCUT2D eigenvalue weighted by Crippen LogP contribution is -2.34. The monoisotopic (exact) mass is 320 g/mol. The summed E-state index contributed by atoms with van der Waals surface area (Å²) in [6, 6.07) is 13.8. The summed E-state index contributed by atoms with van der Waals surface area (Å²) in [5.41, 5.74) is 2.07. The molecule has 0 spiro atoms. The minimum Gasteiger partial charge on any atom is -0.355 e. The molecule has 0 aliphatic heterocycles. The predicted octanol–water partition coefficient (Wildman–Crippen LogP) is 2.93. The van der Waals surface area contributed by atoms with E-state index in [0.29, 0.717) is 24.5 Å². The van der Waals surface area contributed by atoms with Crippen molar-refractivity contribution in [3.8, 4) is 0 Å². The highest BCUT2D eigenvalue weighted by atomic mass is 35.5. The van der Waals surface area contributed by atoms with Crippen LogP contribution in [0.2, 0.25) is 5.02 Å². The molecule has 0 heterocycles. The van der Waals surface area contributed by atoms with Crippen LogP contribution in [0.25, 0.3) is 0 Å². The number of halogens is 2. The highest BCUT2D eigenvalue weighted by Gasteiger charge is 2.01. The van der Waals surface area contributed by atoms with Gasteiger partial charge in [0.25, 0.3) is 0 Å². The van der Waals surface area contributed by atoms with Gasteiger partial charge < -0.3 is 10.6 Å². The van der Waals surface area contributed by atoms with Crippen LogP contribution in [0.3, 0.4) is 0 Å². The normalized spacial score (nSPS) is 10.5. The van der Waals surface area contributed by atoms with E-state index in [1.54, 1.807) is 12.1 Å². The summed E-state index contributed by atoms with van der Waals surface area (Å²) in [6.45, 7) is 1.40. The minimum absolute atomic E-state index is 0.0592. The summed E-state index contributed by atoms with van der Waals surface area (Å²) in [4.78, 5) is 11.7. The van der Waals surface area contributed by atoms with Crippen LogP contribution in [-0.4, -0.2) is 19.0 Å². The second-order valence-corrected chi connectivity index (χ2v) is 5.39. The first-order valence-electron chi connectivity index (χ1n) is 7.10. The molecule has 0 bridgehead atoms. The van der Waals surface area contributed by atoms with Gasteiger partial charge in [0.2, 0.25) is 5.91 Å². The Morgan fingerprint density at radius 3 is 2.32 bits per heavy atom. The number of hydrogen-bond donors (Lipinski definition) is 2. The molecule has 0 aliphatic rings. The van der Waals surface area contributed by atoms with Gasteiger partial charge in [0, 0.05) is 18.1 Å². The predicted molar refractivity (Wildman–Crippen MR) is 86.3 cm³/mol. The van der Waals surface area contributed by atoms with Crippen molar-refractivity contribution in [3.05, 3.63) is 70.5 Å². The third-order valence-electron chi connectivity index (χ3n) is 3.18. The second kappa shape index (κ2) is 8.51. The third-order valence-corrected chi connectivity index (χ3v) is 3.43. The van der Waals surface area contributed by atoms with Crippen LogP contribution < -0.4 is 10.6 Å². The maximum atomic E-state index is 12.8. The van der Waals surface area contributed by atoms with Crippen LogP contribution in [0.5, 0.6) is 0 Å². The summed E-state index contributed by atoms with van der Waals surface area (Å²) in [5, 5.41) is 6.59. The number of nitrogens with one attached hydrogen (secondary N) is 2. The number of carbonyl (C=O) groups excluding carboxylic acids is 1. The smallest absolute Gasteiger partial charge is 0.233 e. The average molecular weight is 321 g/mol. The zero-order valence-corrected chi connectivity index (χ0v) is 12.9. The zero-order chi connectivity index (χ0) is 15.8. The standard InChI is InChI=1S/C17H18ClFN2O/c18-15-5-1-14(2-6-15)11-20-12-17(22)21-10-9-13-3-7-16(19)8-4-13/h1-8,20H,9-12H2,(H,21,22). The zero-order valence-electron chi connectivity index (χ0n) is 12.1. The molecule has 3 nitrogen and oxygen atoms in total. The summed E-state index contributed by atoms with van der Waals surface area (Å²) < 4.78 is 12.8. The van der Waals surface area contributed by atoms with E-state index in [9.17, 15) is 9.18 Å². The fraction of sp³-hybridized carbons (Fsp3) is 0.235. The lowest BCUT2D eigenvalue weighted by molar-refractivity contribution is -0.120. The molecular formula is C17H18ClFN2O. The van der Waals surface area contributed by atoms with E-state index in [0.717, 1.165) is 11.1 Å². The molecule has 2 N–H and O–H groups in total. The van der Waals surface area contributed by atoms with E-state index < -0.39 is 0 Å². The number of benzene rings is 2. The molecule has 0 aliphatic carbocycles. The molecule has 5 heteroatoms. The van der Waals surface area contributed by atoms with E-state index in [1.807, 2.05) is 24.3 Å². The number of rotatable bonds is 7. The van der Waals surface area contributed by atoms with E-state index in [-0.39, 0.29) is 18.3 Å². The molecule has 22 heavy (non-hydrogen) atoms. The molecule has 2 rings (SSSR count). The highest BCUT2D eigenvalue weighted by Crippen LogP contribution is 2.08. The van der Waals surface area contributed by atoms with Gasteiger partial charge in [0.05, 0.1) is 6.54 Å². The van der Waals surface area contributed by atoms with Crippen molar-refractivity contribution in [3.63, 3.8) is 0 Å². The quantitative estimate of drug-likeness (QED) is 0.823. The van der Waals surface area contributed by atoms with Crippen LogP contribution in [0.4, 0.5) is 4.39 Å². The lowest BCUT2D eigenvalue weighted by atomic mass is 10.1. The summed E-state index contributed by atoms with van der Waals surface area (Å²) in [6.07, 6.45) is 0.684. The van der Waals surface area contributed by atoms with Gasteiger partial charge in [-0.15, -0.1) is 0 Å². The molecule has 0 saturated heterocycles. The van der Waals surface area contributed by atoms with E-state index >= 15 is 0 Å². The van der Waals surface area contributed by atoms with E-state index in [4.69, 9.17) is 11.6 Å². The van der Waals surface area contributed by atoms with Crippen LogP contribution in [0, 0.1) is 5.82 Å². The van der Waals surface area contributed by atoms with Crippen molar-refractivity contribution in [1.82, 2.24) is 10.6 Å². The number of carbonyl (C=O) groups is 1. The first kappa shape index (κ1) is 16.5. The Kier molecular flexibility index (Phi) is 6.37. The number of hydrogen-bond acceptors (Lipinski definition) is 2. The van der Waals surface area contributed by atoms with Gasteiger partial charge in [-0.25, -0.2) is 4.39 Å². The van der Waals surface area contributed by atoms with Gasteiger partial charge in [-0.05, 0) is 41.8 Å². The Morgan fingerprint density at radius 1 is 1.00 bits per heavy atom. The summed E-state index contributed by atoms with van der Waals surface area (Å²) in [5.74, 6) is -0.310. The van der Waals surface area contributed by atoms with Gasteiger partial charge in [-0.2, -0.15) is 0 Å². The first-order chi connectivity index (χ1) is 10.6. The maximum absolute atomic E-state index is 12.8. The second-order valence-electron chi connectivity index (χ2n) is 4.96. The maximum Gasteiger partial charge on any atom is 0.233 e. The fourth-order valence-electron chi connectivity index (χ4n) is 1.98. The van der Waals surface area contributed by atoms with Crippen LogP contribution in [0.1, 0.15) is 11.1 Å². The highest BCUT2D eigenvalue weighted by molar-refractivity contribution is 6.30. The molecule has 0 unspecified atom stereocenters. The van der Waals surface area contributed by atoms with Gasteiger partial charge >= 0.3 is 0 Å². The molecule has 2 aromatic rings. The Bertz CT molecular complexity index is 546. The van der Waals surface area contributed by atoms with E-state index in [1.165, 1.54) is 12.1 Å². The van der Waals surface area contributed by atoms with Gasteiger partial charge in [-0.1, -0.05) is 35.9 Å². The van der Waals surface area contributed by atoms with Crippen molar-refractivity contribution >= 4 is 17.5 Å². The van der Waals surface area contributed by atoms with Gasteiger partial charge in [-0.3, -0.25) is 4.79 Å². The SMILES string of the molecule is O=C(CNCc1ccc(Cl)cc1)NCCc1ccc(F)cc1. The lowest BCUT2D eigenvalue weighted by Gasteiger charge is -2.07. The van der Waals surface area contributed by atoms with Crippen molar-refractivity contribution in [2.75, 3.05) is 13.1 Å². The topological polar surface area (TPSA) is 41.1 Å². The Balaban J connectivity index is 1.61. The number of amides is 1. The molecule has 116 valence electrons. The Hall–Kier alpha value is -1.91. The largest absolute Gasteiger partial charge is 0.355 e. The molecule has 0 fully saturated rings. The molecule has 0 radical (unpaired) electrons. The van der Waals surface area contributed by atoms with E-state index in [2.05, 4.69) is 10.6 Å². The van der Waals surface area contributed by atoms with Crippen LogP contribution >= 0.6 is 11.6 Å². The Morgan fingerprint density at radius 2 is 1.64 bits per heavy atom. The van der Waals surface area contributed by atoms with Crippen molar-refractivity contribution in [1.29, 1.82) is 0 Å².